The van der Waals surface area contributed by atoms with Crippen LogP contribution < -0.4 is 0 Å². The van der Waals surface area contributed by atoms with Gasteiger partial charge in [0, 0.05) is 32.7 Å². The molecule has 0 nitrogen and oxygen atoms in total. The van der Waals surface area contributed by atoms with Crippen LogP contribution in [0.3, 0.4) is 0 Å². The second-order valence-electron chi connectivity index (χ2n) is 7.46. The molecule has 0 aromatic heterocycles. The van der Waals surface area contributed by atoms with Gasteiger partial charge in [-0.2, -0.15) is 48.5 Å². The molecular weight excluding hydrogens is 557 g/mol. The van der Waals surface area contributed by atoms with Crippen molar-refractivity contribution in [1.82, 2.24) is 0 Å². The van der Waals surface area contributed by atoms with Crippen LogP contribution >= 0.6 is 0 Å². The Morgan fingerprint density at radius 3 is 1.02 bits per heavy atom. The Morgan fingerprint density at radius 2 is 0.750 bits per heavy atom. The zero-order valence-corrected chi connectivity index (χ0v) is 26.8. The minimum Gasteiger partial charge on any atom is -0.226 e. The predicted molar refractivity (Wildman–Crippen MR) is 186 cm³/mol. The van der Waals surface area contributed by atoms with Gasteiger partial charge in [0.05, 0.1) is 0 Å². The Kier molecular flexibility index (Phi) is 44.5. The normalized spacial score (nSPS) is 8.10. The largest absolute Gasteiger partial charge is 0.226 e. The van der Waals surface area contributed by atoms with Gasteiger partial charge in [-0.1, -0.05) is 146 Å². The van der Waals surface area contributed by atoms with Gasteiger partial charge in [-0.25, -0.2) is 11.1 Å². The first-order valence-corrected chi connectivity index (χ1v) is 13.3. The molecule has 1 aliphatic rings. The number of fused-ring (bicyclic) bond motifs is 3. The Morgan fingerprint density at radius 1 is 0.475 bits per heavy atom. The average molecular weight is 620 g/mol. The standard InChI is InChI=1S/C13H10.C12H8.2C3H8.2C2H6.4CH4.Y/c1-3-7-12-10(5-1)9-11-6-2-4-8-13(11)12;1-3-7-11(8-4-1)12-9-5-2-6-10-12;2*1-3-2;2*1-2;;;;;/h1-8H,9H2;1-7,9H;2*3H2,1-2H3;2*1-2H3;4*1H4;/q;-2;;;;;;;;;. The summed E-state index contributed by atoms with van der Waals surface area (Å²) in [5, 5.41) is 0. The quantitative estimate of drug-likeness (QED) is 0.164. The molecule has 0 bridgehead atoms. The molecule has 1 aliphatic carbocycles. The maximum Gasteiger partial charge on any atom is 0 e. The molecule has 0 amide bonds. The minimum absolute atomic E-state index is 0. The van der Waals surface area contributed by atoms with Crippen LogP contribution in [0.1, 0.15) is 109 Å². The van der Waals surface area contributed by atoms with Crippen molar-refractivity contribution in [2.24, 2.45) is 0 Å². The van der Waals surface area contributed by atoms with Crippen molar-refractivity contribution in [1.29, 1.82) is 0 Å². The summed E-state index contributed by atoms with van der Waals surface area (Å²) in [5.41, 5.74) is 7.94. The number of hydrogen-bond donors (Lipinski definition) is 0. The van der Waals surface area contributed by atoms with Gasteiger partial charge in [0.25, 0.3) is 0 Å². The van der Waals surface area contributed by atoms with Crippen LogP contribution in [0.25, 0.3) is 22.3 Å². The zero-order valence-electron chi connectivity index (χ0n) is 23.9. The van der Waals surface area contributed by atoms with Gasteiger partial charge in [0.15, 0.2) is 0 Å². The fraction of sp³-hybridized carbons (Fsp3) is 0.385. The fourth-order valence-corrected chi connectivity index (χ4v) is 3.20. The molecular formula is C39H62Y-2. The second kappa shape index (κ2) is 35.0. The number of benzene rings is 4. The van der Waals surface area contributed by atoms with Crippen LogP contribution in [0.15, 0.2) is 97.1 Å². The smallest absolute Gasteiger partial charge is 0 e. The summed E-state index contributed by atoms with van der Waals surface area (Å²) < 4.78 is 0. The van der Waals surface area contributed by atoms with E-state index in [4.69, 9.17) is 0 Å². The van der Waals surface area contributed by atoms with Crippen molar-refractivity contribution in [2.75, 3.05) is 0 Å². The van der Waals surface area contributed by atoms with Gasteiger partial charge in [0.2, 0.25) is 0 Å². The van der Waals surface area contributed by atoms with Gasteiger partial charge in [-0.3, -0.25) is 0 Å². The van der Waals surface area contributed by atoms with E-state index in [1.54, 1.807) is 0 Å². The molecule has 0 saturated carbocycles. The van der Waals surface area contributed by atoms with Crippen molar-refractivity contribution in [3.05, 3.63) is 120 Å². The van der Waals surface area contributed by atoms with E-state index in [0.29, 0.717) is 0 Å². The summed E-state index contributed by atoms with van der Waals surface area (Å²) in [6.45, 7) is 16.5. The monoisotopic (exact) mass is 619 g/mol. The van der Waals surface area contributed by atoms with Gasteiger partial charge in [-0.05, 0) is 28.7 Å². The van der Waals surface area contributed by atoms with Crippen molar-refractivity contribution < 1.29 is 32.7 Å². The summed E-state index contributed by atoms with van der Waals surface area (Å²) in [6, 6.07) is 39.5. The molecule has 40 heavy (non-hydrogen) atoms. The van der Waals surface area contributed by atoms with E-state index >= 15 is 0 Å². The first-order chi connectivity index (χ1) is 17.2. The van der Waals surface area contributed by atoms with Gasteiger partial charge in [-0.15, -0.1) is 12.1 Å². The van der Waals surface area contributed by atoms with E-state index in [0.717, 1.165) is 17.5 Å². The summed E-state index contributed by atoms with van der Waals surface area (Å²) in [6.07, 6.45) is 3.60. The SMILES string of the molecule is C.C.C.C.CC.CC.CCC.CCC.[Y].[c-]1ccccc1-c1[c-]cccc1.c1ccc2c(c1)Cc1ccccc1-2. The van der Waals surface area contributed by atoms with Crippen LogP contribution in [0, 0.1) is 12.1 Å². The van der Waals surface area contributed by atoms with Crippen LogP contribution in [0.5, 0.6) is 0 Å². The van der Waals surface area contributed by atoms with Gasteiger partial charge in [0.1, 0.15) is 0 Å². The summed E-state index contributed by atoms with van der Waals surface area (Å²) in [5.74, 6) is 0. The zero-order chi connectivity index (χ0) is 26.3. The Hall–Kier alpha value is -2.02. The Labute approximate surface area is 278 Å². The van der Waals surface area contributed by atoms with Crippen molar-refractivity contribution in [3.8, 4) is 22.3 Å². The Balaban J connectivity index is -0.000000100. The number of rotatable bonds is 1. The first kappa shape index (κ1) is 50.8. The molecule has 1 radical (unpaired) electrons. The molecule has 0 atom stereocenters. The van der Waals surface area contributed by atoms with Crippen LogP contribution in [0.4, 0.5) is 0 Å². The number of hydrogen-bond acceptors (Lipinski definition) is 0. The molecule has 0 aliphatic heterocycles. The molecule has 0 fully saturated rings. The third kappa shape index (κ3) is 19.1. The second-order valence-corrected chi connectivity index (χ2v) is 7.46. The molecule has 0 N–H and O–H groups in total. The third-order valence-corrected chi connectivity index (χ3v) is 4.41. The molecule has 223 valence electrons. The molecule has 1 heteroatoms. The Bertz CT molecular complexity index is 908. The van der Waals surface area contributed by atoms with E-state index in [9.17, 15) is 0 Å². The van der Waals surface area contributed by atoms with E-state index in [2.05, 4.69) is 88.4 Å². The fourth-order valence-electron chi connectivity index (χ4n) is 3.20. The molecule has 5 rings (SSSR count). The van der Waals surface area contributed by atoms with Crippen LogP contribution in [-0.2, 0) is 39.1 Å². The molecule has 0 spiro atoms. The maximum atomic E-state index is 3.15. The molecule has 4 aromatic rings. The summed E-state index contributed by atoms with van der Waals surface area (Å²) >= 11 is 0. The van der Waals surface area contributed by atoms with E-state index < -0.39 is 0 Å². The van der Waals surface area contributed by atoms with Crippen molar-refractivity contribution >= 4 is 0 Å². The van der Waals surface area contributed by atoms with E-state index in [1.165, 1.54) is 35.1 Å². The van der Waals surface area contributed by atoms with E-state index in [1.807, 2.05) is 76.2 Å². The summed E-state index contributed by atoms with van der Waals surface area (Å²) in [7, 11) is 0. The average Bonchev–Trinajstić information content (AvgIpc) is 3.32. The van der Waals surface area contributed by atoms with Gasteiger partial charge < -0.3 is 0 Å². The van der Waals surface area contributed by atoms with Crippen molar-refractivity contribution in [2.45, 2.75) is 104 Å². The van der Waals surface area contributed by atoms with E-state index in [-0.39, 0.29) is 62.4 Å². The van der Waals surface area contributed by atoms with Crippen LogP contribution in [-0.4, -0.2) is 0 Å². The van der Waals surface area contributed by atoms with Crippen LogP contribution in [0.2, 0.25) is 0 Å². The predicted octanol–water partition coefficient (Wildman–Crippen LogP) is 13.6. The molecule has 0 heterocycles. The summed E-state index contributed by atoms with van der Waals surface area (Å²) in [4.78, 5) is 0. The molecule has 0 saturated heterocycles. The topological polar surface area (TPSA) is 0 Å². The van der Waals surface area contributed by atoms with Crippen molar-refractivity contribution in [3.63, 3.8) is 0 Å². The minimum atomic E-state index is 0. The maximum absolute atomic E-state index is 3.15. The molecule has 4 aromatic carbocycles. The third-order valence-electron chi connectivity index (χ3n) is 4.41. The van der Waals surface area contributed by atoms with Gasteiger partial charge >= 0.3 is 0 Å². The first-order valence-electron chi connectivity index (χ1n) is 13.3. The molecule has 0 unspecified atom stereocenters.